The lowest BCUT2D eigenvalue weighted by Gasteiger charge is -2.08. The highest BCUT2D eigenvalue weighted by atomic mass is 16.3. The number of fused-ring (bicyclic) bond motifs is 1. The van der Waals surface area contributed by atoms with Crippen molar-refractivity contribution in [2.24, 2.45) is 0 Å². The number of hydrogen-bond acceptors (Lipinski definition) is 2. The van der Waals surface area contributed by atoms with E-state index in [0.717, 1.165) is 5.52 Å². The van der Waals surface area contributed by atoms with Crippen LogP contribution in [0.2, 0.25) is 0 Å². The van der Waals surface area contributed by atoms with Crippen LogP contribution in [0.1, 0.15) is 6.42 Å². The quantitative estimate of drug-likeness (QED) is 0.720. The summed E-state index contributed by atoms with van der Waals surface area (Å²) in [6.45, 7) is 0.604. The van der Waals surface area contributed by atoms with E-state index >= 15 is 0 Å². The van der Waals surface area contributed by atoms with E-state index in [2.05, 4.69) is 9.88 Å². The van der Waals surface area contributed by atoms with Crippen molar-refractivity contribution >= 4 is 22.5 Å². The number of benzene rings is 2. The summed E-state index contributed by atoms with van der Waals surface area (Å²) in [5, 5.41) is 13.5. The fourth-order valence-corrected chi connectivity index (χ4v) is 2.35. The van der Waals surface area contributed by atoms with Gasteiger partial charge >= 0.3 is 0 Å². The minimum absolute atomic E-state index is 0.0808. The summed E-state index contributed by atoms with van der Waals surface area (Å²) in [4.78, 5) is 12.0. The molecular formula is C17H16N2O2. The normalized spacial score (nSPS) is 10.7. The number of hydrogen-bond donors (Lipinski definition) is 2. The number of aryl methyl sites for hydroxylation is 1. The SMILES string of the molecule is O=C(CCn1ccc2ccccc21)Nc1ccccc1O. The third-order valence-corrected chi connectivity index (χ3v) is 3.44. The Labute approximate surface area is 122 Å². The predicted molar refractivity (Wildman–Crippen MR) is 83.3 cm³/mol. The van der Waals surface area contributed by atoms with Gasteiger partial charge in [0.15, 0.2) is 0 Å². The summed E-state index contributed by atoms with van der Waals surface area (Å²) < 4.78 is 2.06. The molecule has 0 saturated carbocycles. The molecule has 3 aromatic rings. The standard InChI is InChI=1S/C17H16N2O2/c20-16-8-4-2-6-14(16)18-17(21)10-12-19-11-9-13-5-1-3-7-15(13)19/h1-9,11,20H,10,12H2,(H,18,21). The van der Waals surface area contributed by atoms with E-state index < -0.39 is 0 Å². The van der Waals surface area contributed by atoms with E-state index in [1.165, 1.54) is 5.39 Å². The molecule has 106 valence electrons. The number of carbonyl (C=O) groups is 1. The molecule has 0 aliphatic rings. The molecular weight excluding hydrogens is 264 g/mol. The Balaban J connectivity index is 1.65. The Kier molecular flexibility index (Phi) is 3.60. The highest BCUT2D eigenvalue weighted by molar-refractivity contribution is 5.92. The summed E-state index contributed by atoms with van der Waals surface area (Å²) >= 11 is 0. The van der Waals surface area contributed by atoms with E-state index in [1.807, 2.05) is 36.5 Å². The van der Waals surface area contributed by atoms with Crippen molar-refractivity contribution in [1.82, 2.24) is 4.57 Å². The van der Waals surface area contributed by atoms with Crippen LogP contribution in [-0.2, 0) is 11.3 Å². The molecule has 1 amide bonds. The second kappa shape index (κ2) is 5.71. The molecule has 2 N–H and O–H groups in total. The van der Waals surface area contributed by atoms with Crippen LogP contribution < -0.4 is 5.32 Å². The Bertz CT molecular complexity index is 777. The summed E-state index contributed by atoms with van der Waals surface area (Å²) in [6, 6.07) is 16.8. The van der Waals surface area contributed by atoms with Gasteiger partial charge in [0.05, 0.1) is 5.69 Å². The van der Waals surface area contributed by atoms with Gasteiger partial charge in [0.2, 0.25) is 5.91 Å². The van der Waals surface area contributed by atoms with Gasteiger partial charge in [0.1, 0.15) is 5.75 Å². The third-order valence-electron chi connectivity index (χ3n) is 3.44. The number of phenolic OH excluding ortho intramolecular Hbond substituents is 1. The van der Waals surface area contributed by atoms with Gasteiger partial charge in [0.25, 0.3) is 0 Å². The lowest BCUT2D eigenvalue weighted by atomic mass is 10.2. The van der Waals surface area contributed by atoms with Crippen LogP contribution in [0, 0.1) is 0 Å². The molecule has 0 radical (unpaired) electrons. The molecule has 21 heavy (non-hydrogen) atoms. The van der Waals surface area contributed by atoms with Crippen molar-refractivity contribution in [3.63, 3.8) is 0 Å². The maximum atomic E-state index is 12.0. The second-order valence-electron chi connectivity index (χ2n) is 4.88. The van der Waals surface area contributed by atoms with Gasteiger partial charge in [-0.05, 0) is 29.7 Å². The van der Waals surface area contributed by atoms with Crippen LogP contribution in [-0.4, -0.2) is 15.6 Å². The number of phenols is 1. The van der Waals surface area contributed by atoms with Crippen LogP contribution in [0.25, 0.3) is 10.9 Å². The Morgan fingerprint density at radius 1 is 1.05 bits per heavy atom. The van der Waals surface area contributed by atoms with Gasteiger partial charge in [-0.25, -0.2) is 0 Å². The minimum Gasteiger partial charge on any atom is -0.506 e. The molecule has 0 bridgehead atoms. The zero-order valence-electron chi connectivity index (χ0n) is 11.5. The summed E-state index contributed by atoms with van der Waals surface area (Å²) in [5.41, 5.74) is 1.56. The van der Waals surface area contributed by atoms with E-state index in [0.29, 0.717) is 18.7 Å². The fourth-order valence-electron chi connectivity index (χ4n) is 2.35. The lowest BCUT2D eigenvalue weighted by Crippen LogP contribution is -2.14. The van der Waals surface area contributed by atoms with Gasteiger partial charge in [-0.1, -0.05) is 30.3 Å². The molecule has 0 aliphatic carbocycles. The van der Waals surface area contributed by atoms with Crippen molar-refractivity contribution in [3.05, 3.63) is 60.8 Å². The smallest absolute Gasteiger partial charge is 0.226 e. The van der Waals surface area contributed by atoms with Gasteiger partial charge in [0, 0.05) is 24.7 Å². The molecule has 4 heteroatoms. The lowest BCUT2D eigenvalue weighted by molar-refractivity contribution is -0.116. The molecule has 2 aromatic carbocycles. The third kappa shape index (κ3) is 2.89. The van der Waals surface area contributed by atoms with E-state index in [1.54, 1.807) is 24.3 Å². The first-order valence-electron chi connectivity index (χ1n) is 6.86. The second-order valence-corrected chi connectivity index (χ2v) is 4.88. The number of rotatable bonds is 4. The Morgan fingerprint density at radius 3 is 2.67 bits per heavy atom. The monoisotopic (exact) mass is 280 g/mol. The summed E-state index contributed by atoms with van der Waals surface area (Å²) in [6.07, 6.45) is 2.34. The molecule has 0 aliphatic heterocycles. The predicted octanol–water partition coefficient (Wildman–Crippen LogP) is 3.38. The average molecular weight is 280 g/mol. The number of carbonyl (C=O) groups excluding carboxylic acids is 1. The van der Waals surface area contributed by atoms with Gasteiger partial charge in [-0.3, -0.25) is 4.79 Å². The van der Waals surface area contributed by atoms with Crippen molar-refractivity contribution in [2.75, 3.05) is 5.32 Å². The first kappa shape index (κ1) is 13.2. The zero-order valence-corrected chi connectivity index (χ0v) is 11.5. The molecule has 1 heterocycles. The average Bonchev–Trinajstić information content (AvgIpc) is 2.91. The first-order valence-corrected chi connectivity index (χ1v) is 6.86. The van der Waals surface area contributed by atoms with Crippen molar-refractivity contribution in [2.45, 2.75) is 13.0 Å². The summed E-state index contributed by atoms with van der Waals surface area (Å²) in [7, 11) is 0. The molecule has 4 nitrogen and oxygen atoms in total. The minimum atomic E-state index is -0.116. The molecule has 0 fully saturated rings. The Morgan fingerprint density at radius 2 is 1.81 bits per heavy atom. The summed E-state index contributed by atoms with van der Waals surface area (Å²) in [5.74, 6) is -0.0356. The number of para-hydroxylation sites is 3. The fraction of sp³-hybridized carbons (Fsp3) is 0.118. The van der Waals surface area contributed by atoms with Crippen LogP contribution >= 0.6 is 0 Å². The van der Waals surface area contributed by atoms with Crippen molar-refractivity contribution in [1.29, 1.82) is 0 Å². The van der Waals surface area contributed by atoms with Crippen LogP contribution in [0.15, 0.2) is 60.8 Å². The largest absolute Gasteiger partial charge is 0.506 e. The van der Waals surface area contributed by atoms with Crippen LogP contribution in [0.3, 0.4) is 0 Å². The molecule has 0 unspecified atom stereocenters. The van der Waals surface area contributed by atoms with E-state index in [-0.39, 0.29) is 11.7 Å². The number of amides is 1. The molecule has 0 saturated heterocycles. The topological polar surface area (TPSA) is 54.3 Å². The number of aromatic hydroxyl groups is 1. The van der Waals surface area contributed by atoms with Crippen LogP contribution in [0.5, 0.6) is 5.75 Å². The van der Waals surface area contributed by atoms with Crippen LogP contribution in [0.4, 0.5) is 5.69 Å². The van der Waals surface area contributed by atoms with Gasteiger partial charge in [-0.2, -0.15) is 0 Å². The maximum absolute atomic E-state index is 12.0. The number of aromatic nitrogens is 1. The Hall–Kier alpha value is -2.75. The zero-order chi connectivity index (χ0) is 14.7. The number of nitrogens with one attached hydrogen (secondary N) is 1. The molecule has 0 atom stereocenters. The van der Waals surface area contributed by atoms with Gasteiger partial charge < -0.3 is 15.0 Å². The highest BCUT2D eigenvalue weighted by Gasteiger charge is 2.07. The molecule has 1 aromatic heterocycles. The maximum Gasteiger partial charge on any atom is 0.226 e. The van der Waals surface area contributed by atoms with E-state index in [9.17, 15) is 9.90 Å². The molecule has 0 spiro atoms. The number of anilines is 1. The highest BCUT2D eigenvalue weighted by Crippen LogP contribution is 2.21. The first-order chi connectivity index (χ1) is 10.2. The van der Waals surface area contributed by atoms with Crippen molar-refractivity contribution < 1.29 is 9.90 Å². The van der Waals surface area contributed by atoms with Gasteiger partial charge in [-0.15, -0.1) is 0 Å². The van der Waals surface area contributed by atoms with Crippen molar-refractivity contribution in [3.8, 4) is 5.75 Å². The molecule has 3 rings (SSSR count). The number of nitrogens with zero attached hydrogens (tertiary/aromatic N) is 1. The van der Waals surface area contributed by atoms with E-state index in [4.69, 9.17) is 0 Å².